The van der Waals surface area contributed by atoms with Gasteiger partial charge in [0.15, 0.2) is 0 Å². The Kier molecular flexibility index (Phi) is 9.31. The van der Waals surface area contributed by atoms with Crippen LogP contribution in [0.3, 0.4) is 0 Å². The number of halogens is 1. The molecule has 0 heterocycles. The number of nitrogens with zero attached hydrogens (tertiary/aromatic N) is 2. The molecule has 1 N–H and O–H groups in total. The normalized spacial score (nSPS) is 11.2. The van der Waals surface area contributed by atoms with E-state index < -0.39 is 10.1 Å². The third-order valence-electron chi connectivity index (χ3n) is 5.01. The number of anilines is 1. The Hall–Kier alpha value is -2.81. The van der Waals surface area contributed by atoms with E-state index in [-0.39, 0.29) is 36.4 Å². The second-order valence-corrected chi connectivity index (χ2v) is 9.07. The van der Waals surface area contributed by atoms with Gasteiger partial charge in [0.25, 0.3) is 0 Å². The summed E-state index contributed by atoms with van der Waals surface area (Å²) >= 11 is 0. The summed E-state index contributed by atoms with van der Waals surface area (Å²) in [6.07, 6.45) is 0. The molecule has 0 aliphatic carbocycles. The minimum Gasteiger partial charge on any atom is -0.382 e. The molecule has 0 saturated heterocycles. The van der Waals surface area contributed by atoms with Crippen molar-refractivity contribution in [2.24, 2.45) is 0 Å². The van der Waals surface area contributed by atoms with Crippen molar-refractivity contribution in [2.45, 2.75) is 40.8 Å². The smallest absolute Gasteiger partial charge is 0.317 e. The van der Waals surface area contributed by atoms with Crippen molar-refractivity contribution in [1.82, 2.24) is 10.2 Å². The third kappa shape index (κ3) is 7.12. The average Bonchev–Trinajstić information content (AvgIpc) is 2.77. The van der Waals surface area contributed by atoms with Gasteiger partial charge in [-0.3, -0.25) is 0 Å². The van der Waals surface area contributed by atoms with Crippen molar-refractivity contribution in [3.8, 4) is 5.75 Å². The highest BCUT2D eigenvalue weighted by molar-refractivity contribution is 7.87. The molecule has 2 amide bonds. The molecule has 0 bridgehead atoms. The Balaban J connectivity index is 2.42. The van der Waals surface area contributed by atoms with Crippen molar-refractivity contribution < 1.29 is 21.8 Å². The first-order chi connectivity index (χ1) is 15.2. The van der Waals surface area contributed by atoms with Crippen LogP contribution in [-0.4, -0.2) is 44.7 Å². The number of amides is 2. The molecule has 2 aromatic rings. The topological polar surface area (TPSA) is 79.0 Å². The molecule has 32 heavy (non-hydrogen) atoms. The first-order valence-corrected chi connectivity index (χ1v) is 12.4. The van der Waals surface area contributed by atoms with Crippen LogP contribution in [0.1, 0.15) is 38.8 Å². The van der Waals surface area contributed by atoms with E-state index in [9.17, 15) is 17.6 Å². The van der Waals surface area contributed by atoms with Gasteiger partial charge in [0, 0.05) is 43.5 Å². The maximum atomic E-state index is 13.3. The summed E-state index contributed by atoms with van der Waals surface area (Å²) < 4.78 is 43.1. The molecule has 0 aliphatic rings. The number of urea groups is 1. The molecule has 0 spiro atoms. The predicted molar refractivity (Wildman–Crippen MR) is 125 cm³/mol. The first kappa shape index (κ1) is 25.5. The van der Waals surface area contributed by atoms with Crippen LogP contribution in [0.25, 0.3) is 0 Å². The zero-order valence-corrected chi connectivity index (χ0v) is 19.9. The zero-order chi connectivity index (χ0) is 23.7. The van der Waals surface area contributed by atoms with Crippen LogP contribution in [0.2, 0.25) is 0 Å². The molecule has 2 rings (SSSR count). The largest absolute Gasteiger partial charge is 0.382 e. The van der Waals surface area contributed by atoms with Crippen LogP contribution in [0.15, 0.2) is 42.5 Å². The molecule has 176 valence electrons. The van der Waals surface area contributed by atoms with Gasteiger partial charge in [0.05, 0.1) is 12.3 Å². The fraction of sp³-hybridized carbons (Fsp3) is 0.435. The first-order valence-electron chi connectivity index (χ1n) is 10.8. The minimum absolute atomic E-state index is 0.121. The SMILES string of the molecule is CCNC(=O)N(Cc1ccc(F)cc1)Cc1ccc(N(CC)CC)cc1OS(=O)(=O)CC. The van der Waals surface area contributed by atoms with Crippen LogP contribution < -0.4 is 14.4 Å². The second kappa shape index (κ2) is 11.7. The maximum Gasteiger partial charge on any atom is 0.317 e. The van der Waals surface area contributed by atoms with E-state index in [0.29, 0.717) is 12.1 Å². The number of carbonyl (C=O) groups is 1. The van der Waals surface area contributed by atoms with E-state index in [1.807, 2.05) is 26.8 Å². The number of hydrogen-bond acceptors (Lipinski definition) is 5. The summed E-state index contributed by atoms with van der Waals surface area (Å²) in [6, 6.07) is 11.0. The van der Waals surface area contributed by atoms with Gasteiger partial charge in [-0.2, -0.15) is 8.42 Å². The van der Waals surface area contributed by atoms with Crippen LogP contribution in [0, 0.1) is 5.82 Å². The standard InChI is InChI=1S/C23H32FN3O4S/c1-5-25-23(28)27(16-18-9-12-20(24)13-10-18)17-19-11-14-21(26(6-2)7-3)15-22(19)31-32(29,30)8-4/h9-15H,5-8,16-17H2,1-4H3,(H,25,28). The molecule has 0 saturated carbocycles. The molecule has 0 aliphatic heterocycles. The summed E-state index contributed by atoms with van der Waals surface area (Å²) in [4.78, 5) is 16.3. The Bertz CT molecular complexity index is 993. The van der Waals surface area contributed by atoms with Crippen molar-refractivity contribution in [1.29, 1.82) is 0 Å². The summed E-state index contributed by atoms with van der Waals surface area (Å²) in [5.74, 6) is -0.326. The fourth-order valence-corrected chi connectivity index (χ4v) is 3.76. The lowest BCUT2D eigenvalue weighted by Gasteiger charge is -2.26. The van der Waals surface area contributed by atoms with Gasteiger partial charge in [-0.15, -0.1) is 0 Å². The molecule has 2 aromatic carbocycles. The molecular formula is C23H32FN3O4S. The van der Waals surface area contributed by atoms with Crippen molar-refractivity contribution in [2.75, 3.05) is 30.3 Å². The predicted octanol–water partition coefficient (Wildman–Crippen LogP) is 4.13. The third-order valence-corrected chi connectivity index (χ3v) is 6.15. The van der Waals surface area contributed by atoms with Gasteiger partial charge in [-0.25, -0.2) is 9.18 Å². The lowest BCUT2D eigenvalue weighted by molar-refractivity contribution is 0.192. The lowest BCUT2D eigenvalue weighted by atomic mass is 10.1. The number of carbonyl (C=O) groups excluding carboxylic acids is 1. The van der Waals surface area contributed by atoms with E-state index in [0.717, 1.165) is 24.3 Å². The van der Waals surface area contributed by atoms with E-state index in [2.05, 4.69) is 10.2 Å². The number of hydrogen-bond donors (Lipinski definition) is 1. The van der Waals surface area contributed by atoms with E-state index in [1.165, 1.54) is 24.0 Å². The lowest BCUT2D eigenvalue weighted by Crippen LogP contribution is -2.39. The van der Waals surface area contributed by atoms with Crippen molar-refractivity contribution >= 4 is 21.8 Å². The van der Waals surface area contributed by atoms with Crippen LogP contribution >= 0.6 is 0 Å². The van der Waals surface area contributed by atoms with Crippen LogP contribution in [0.5, 0.6) is 5.75 Å². The van der Waals surface area contributed by atoms with E-state index in [4.69, 9.17) is 4.18 Å². The van der Waals surface area contributed by atoms with Crippen LogP contribution in [0.4, 0.5) is 14.9 Å². The highest BCUT2D eigenvalue weighted by atomic mass is 32.2. The van der Waals surface area contributed by atoms with Crippen LogP contribution in [-0.2, 0) is 23.2 Å². The highest BCUT2D eigenvalue weighted by Crippen LogP contribution is 2.29. The molecule has 0 radical (unpaired) electrons. The van der Waals surface area contributed by atoms with Gasteiger partial charge < -0.3 is 19.3 Å². The van der Waals surface area contributed by atoms with Crippen molar-refractivity contribution in [3.63, 3.8) is 0 Å². The molecule has 9 heteroatoms. The monoisotopic (exact) mass is 465 g/mol. The molecule has 0 aromatic heterocycles. The molecule has 0 unspecified atom stereocenters. The summed E-state index contributed by atoms with van der Waals surface area (Å²) in [7, 11) is -3.76. The van der Waals surface area contributed by atoms with E-state index in [1.54, 1.807) is 24.3 Å². The van der Waals surface area contributed by atoms with Crippen molar-refractivity contribution in [3.05, 3.63) is 59.4 Å². The Morgan fingerprint density at radius 3 is 2.22 bits per heavy atom. The fourth-order valence-electron chi connectivity index (χ4n) is 3.21. The Morgan fingerprint density at radius 2 is 1.66 bits per heavy atom. The second-order valence-electron chi connectivity index (χ2n) is 7.21. The van der Waals surface area contributed by atoms with Gasteiger partial charge in [-0.1, -0.05) is 18.2 Å². The minimum atomic E-state index is -3.76. The van der Waals surface area contributed by atoms with Gasteiger partial charge in [0.1, 0.15) is 11.6 Å². The van der Waals surface area contributed by atoms with Gasteiger partial charge >= 0.3 is 16.1 Å². The highest BCUT2D eigenvalue weighted by Gasteiger charge is 2.20. The summed E-state index contributed by atoms with van der Waals surface area (Å²) in [5.41, 5.74) is 2.15. The number of benzene rings is 2. The number of rotatable bonds is 11. The van der Waals surface area contributed by atoms with E-state index >= 15 is 0 Å². The number of nitrogens with one attached hydrogen (secondary N) is 1. The Morgan fingerprint density at radius 1 is 1.00 bits per heavy atom. The van der Waals surface area contributed by atoms with Gasteiger partial charge in [-0.05, 0) is 51.5 Å². The molecular weight excluding hydrogens is 433 g/mol. The molecule has 7 nitrogen and oxygen atoms in total. The molecule has 0 fully saturated rings. The summed E-state index contributed by atoms with van der Waals surface area (Å²) in [5, 5.41) is 2.77. The average molecular weight is 466 g/mol. The maximum absolute atomic E-state index is 13.3. The quantitative estimate of drug-likeness (QED) is 0.505. The van der Waals surface area contributed by atoms with Gasteiger partial charge in [0.2, 0.25) is 0 Å². The Labute approximate surface area is 190 Å². The molecule has 0 atom stereocenters. The zero-order valence-electron chi connectivity index (χ0n) is 19.1. The summed E-state index contributed by atoms with van der Waals surface area (Å²) in [6.45, 7) is 9.65.